The lowest BCUT2D eigenvalue weighted by Crippen LogP contribution is -2.33. The molecule has 1 fully saturated rings. The van der Waals surface area contributed by atoms with Crippen LogP contribution in [-0.2, 0) is 11.3 Å². The third-order valence-corrected chi connectivity index (χ3v) is 3.93. The molecule has 118 valence electrons. The Balaban J connectivity index is 1.92. The van der Waals surface area contributed by atoms with Crippen LogP contribution in [0, 0.1) is 5.82 Å². The van der Waals surface area contributed by atoms with E-state index in [4.69, 9.17) is 4.74 Å². The van der Waals surface area contributed by atoms with Gasteiger partial charge in [-0.25, -0.2) is 4.39 Å². The largest absolute Gasteiger partial charge is 0.376 e. The molecule has 0 bridgehead atoms. The van der Waals surface area contributed by atoms with E-state index in [1.807, 2.05) is 24.1 Å². The van der Waals surface area contributed by atoms with E-state index < -0.39 is 0 Å². The maximum atomic E-state index is 14.3. The van der Waals surface area contributed by atoms with Crippen LogP contribution in [0.3, 0.4) is 0 Å². The molecule has 1 aliphatic heterocycles. The Labute approximate surface area is 127 Å². The molecule has 0 radical (unpaired) electrons. The second-order valence-corrected chi connectivity index (χ2v) is 5.83. The quantitative estimate of drug-likeness (QED) is 0.781. The van der Waals surface area contributed by atoms with Gasteiger partial charge in [-0.3, -0.25) is 0 Å². The highest BCUT2D eigenvalue weighted by atomic mass is 19.1. The van der Waals surface area contributed by atoms with E-state index in [1.165, 1.54) is 6.42 Å². The van der Waals surface area contributed by atoms with E-state index in [2.05, 4.69) is 12.2 Å². The molecule has 0 aliphatic carbocycles. The molecular weight excluding hydrogens is 267 g/mol. The standard InChI is InChI=1S/C17H27FN2O/c1-3-9-19-12-14-7-8-17(16(18)11-14)20(2)13-15-6-4-5-10-21-15/h7-8,11,15,19H,3-6,9-10,12-13H2,1-2H3. The number of anilines is 1. The number of hydrogen-bond donors (Lipinski definition) is 1. The van der Waals surface area contributed by atoms with E-state index in [0.717, 1.165) is 51.1 Å². The van der Waals surface area contributed by atoms with Gasteiger partial charge in [-0.2, -0.15) is 0 Å². The maximum absolute atomic E-state index is 14.3. The fourth-order valence-electron chi connectivity index (χ4n) is 2.73. The Morgan fingerprint density at radius 2 is 2.24 bits per heavy atom. The van der Waals surface area contributed by atoms with Gasteiger partial charge in [0, 0.05) is 26.7 Å². The maximum Gasteiger partial charge on any atom is 0.146 e. The molecule has 0 aromatic heterocycles. The topological polar surface area (TPSA) is 24.5 Å². The molecule has 1 saturated heterocycles. The molecule has 0 amide bonds. The van der Waals surface area contributed by atoms with Crippen molar-refractivity contribution in [2.75, 3.05) is 31.6 Å². The van der Waals surface area contributed by atoms with Crippen molar-refractivity contribution in [1.82, 2.24) is 5.32 Å². The summed E-state index contributed by atoms with van der Waals surface area (Å²) in [5, 5.41) is 3.29. The first-order chi connectivity index (χ1) is 10.2. The van der Waals surface area contributed by atoms with E-state index in [0.29, 0.717) is 5.69 Å². The minimum Gasteiger partial charge on any atom is -0.376 e. The van der Waals surface area contributed by atoms with Crippen LogP contribution in [0.1, 0.15) is 38.2 Å². The second kappa shape index (κ2) is 8.35. The minimum atomic E-state index is -0.149. The summed E-state index contributed by atoms with van der Waals surface area (Å²) in [7, 11) is 1.94. The van der Waals surface area contributed by atoms with Gasteiger partial charge < -0.3 is 15.0 Å². The molecule has 1 aliphatic rings. The average molecular weight is 294 g/mol. The van der Waals surface area contributed by atoms with Crippen molar-refractivity contribution in [3.05, 3.63) is 29.6 Å². The van der Waals surface area contributed by atoms with Crippen molar-refractivity contribution in [2.24, 2.45) is 0 Å². The third kappa shape index (κ3) is 4.97. The number of ether oxygens (including phenoxy) is 1. The molecule has 2 rings (SSSR count). The van der Waals surface area contributed by atoms with Gasteiger partial charge in [0.2, 0.25) is 0 Å². The molecule has 21 heavy (non-hydrogen) atoms. The van der Waals surface area contributed by atoms with Crippen LogP contribution in [0.2, 0.25) is 0 Å². The van der Waals surface area contributed by atoms with Gasteiger partial charge in [-0.1, -0.05) is 13.0 Å². The van der Waals surface area contributed by atoms with E-state index >= 15 is 0 Å². The molecule has 1 N–H and O–H groups in total. The molecule has 0 spiro atoms. The van der Waals surface area contributed by atoms with Gasteiger partial charge >= 0.3 is 0 Å². The highest BCUT2D eigenvalue weighted by molar-refractivity contribution is 5.48. The number of benzene rings is 1. The number of rotatable bonds is 7. The number of nitrogens with one attached hydrogen (secondary N) is 1. The number of hydrogen-bond acceptors (Lipinski definition) is 3. The molecule has 1 atom stereocenters. The lowest BCUT2D eigenvalue weighted by atomic mass is 10.1. The SMILES string of the molecule is CCCNCc1ccc(N(C)CC2CCCCO2)c(F)c1. The third-order valence-electron chi connectivity index (χ3n) is 3.93. The highest BCUT2D eigenvalue weighted by Crippen LogP contribution is 2.22. The van der Waals surface area contributed by atoms with Gasteiger partial charge in [-0.05, 0) is 49.9 Å². The first-order valence-electron chi connectivity index (χ1n) is 8.02. The van der Waals surface area contributed by atoms with E-state index in [9.17, 15) is 4.39 Å². The van der Waals surface area contributed by atoms with Crippen molar-refractivity contribution in [3.63, 3.8) is 0 Å². The normalized spacial score (nSPS) is 18.7. The highest BCUT2D eigenvalue weighted by Gasteiger charge is 2.17. The lowest BCUT2D eigenvalue weighted by molar-refractivity contribution is 0.0215. The van der Waals surface area contributed by atoms with Gasteiger partial charge in [0.15, 0.2) is 0 Å². The summed E-state index contributed by atoms with van der Waals surface area (Å²) in [6.07, 6.45) is 4.75. The summed E-state index contributed by atoms with van der Waals surface area (Å²) in [5.74, 6) is -0.149. The Hall–Kier alpha value is -1.13. The van der Waals surface area contributed by atoms with Gasteiger partial charge in [0.05, 0.1) is 11.8 Å². The predicted molar refractivity (Wildman–Crippen MR) is 85.3 cm³/mol. The van der Waals surface area contributed by atoms with Crippen LogP contribution in [0.15, 0.2) is 18.2 Å². The van der Waals surface area contributed by atoms with Crippen molar-refractivity contribution < 1.29 is 9.13 Å². The zero-order chi connectivity index (χ0) is 15.1. The lowest BCUT2D eigenvalue weighted by Gasteiger charge is -2.29. The van der Waals surface area contributed by atoms with Crippen LogP contribution in [0.25, 0.3) is 0 Å². The van der Waals surface area contributed by atoms with E-state index in [-0.39, 0.29) is 11.9 Å². The van der Waals surface area contributed by atoms with Crippen molar-refractivity contribution >= 4 is 5.69 Å². The van der Waals surface area contributed by atoms with Crippen molar-refractivity contribution in [2.45, 2.75) is 45.3 Å². The van der Waals surface area contributed by atoms with Crippen LogP contribution >= 0.6 is 0 Å². The smallest absolute Gasteiger partial charge is 0.146 e. The molecule has 1 unspecified atom stereocenters. The van der Waals surface area contributed by atoms with Gasteiger partial charge in [0.25, 0.3) is 0 Å². The second-order valence-electron chi connectivity index (χ2n) is 5.83. The Kier molecular flexibility index (Phi) is 6.46. The summed E-state index contributed by atoms with van der Waals surface area (Å²) >= 11 is 0. The summed E-state index contributed by atoms with van der Waals surface area (Å²) < 4.78 is 20.0. The minimum absolute atomic E-state index is 0.149. The Morgan fingerprint density at radius 1 is 1.38 bits per heavy atom. The monoisotopic (exact) mass is 294 g/mol. The molecule has 4 heteroatoms. The van der Waals surface area contributed by atoms with Gasteiger partial charge in [0.1, 0.15) is 5.82 Å². The number of likely N-dealkylation sites (N-methyl/N-ethyl adjacent to an activating group) is 1. The fraction of sp³-hybridized carbons (Fsp3) is 0.647. The van der Waals surface area contributed by atoms with Crippen molar-refractivity contribution in [1.29, 1.82) is 0 Å². The van der Waals surface area contributed by atoms with Crippen LogP contribution in [0.5, 0.6) is 0 Å². The van der Waals surface area contributed by atoms with Gasteiger partial charge in [-0.15, -0.1) is 0 Å². The molecule has 0 saturated carbocycles. The molecule has 1 heterocycles. The summed E-state index contributed by atoms with van der Waals surface area (Å²) in [6, 6.07) is 5.51. The Bertz CT molecular complexity index is 433. The fourth-order valence-corrected chi connectivity index (χ4v) is 2.73. The van der Waals surface area contributed by atoms with E-state index in [1.54, 1.807) is 6.07 Å². The van der Waals surface area contributed by atoms with Crippen LogP contribution < -0.4 is 10.2 Å². The zero-order valence-corrected chi connectivity index (χ0v) is 13.2. The molecular formula is C17H27FN2O. The predicted octanol–water partition coefficient (Wildman–Crippen LogP) is 3.33. The summed E-state index contributed by atoms with van der Waals surface area (Å²) in [4.78, 5) is 1.97. The van der Waals surface area contributed by atoms with Crippen LogP contribution in [-0.4, -0.2) is 32.8 Å². The molecule has 3 nitrogen and oxygen atoms in total. The first-order valence-corrected chi connectivity index (χ1v) is 8.02. The van der Waals surface area contributed by atoms with Crippen LogP contribution in [0.4, 0.5) is 10.1 Å². The van der Waals surface area contributed by atoms with Crippen molar-refractivity contribution in [3.8, 4) is 0 Å². The number of nitrogens with zero attached hydrogens (tertiary/aromatic N) is 1. The zero-order valence-electron chi connectivity index (χ0n) is 13.2. The first kappa shape index (κ1) is 16.2. The summed E-state index contributed by atoms with van der Waals surface area (Å²) in [6.45, 7) is 5.40. The number of halogens is 1. The average Bonchev–Trinajstić information content (AvgIpc) is 2.48. The summed E-state index contributed by atoms with van der Waals surface area (Å²) in [5.41, 5.74) is 1.65. The Morgan fingerprint density at radius 3 is 2.90 bits per heavy atom. The molecule has 1 aromatic rings. The molecule has 1 aromatic carbocycles.